The first kappa shape index (κ1) is 20.1. The van der Waals surface area contributed by atoms with Gasteiger partial charge in [0, 0.05) is 23.5 Å². The normalized spacial score (nSPS) is 15.8. The van der Waals surface area contributed by atoms with E-state index in [-0.39, 0.29) is 17.3 Å². The number of hydrogen-bond acceptors (Lipinski definition) is 3. The van der Waals surface area contributed by atoms with E-state index >= 15 is 0 Å². The molecule has 0 saturated carbocycles. The number of aromatic nitrogens is 3. The Morgan fingerprint density at radius 3 is 2.80 bits per heavy atom. The molecule has 1 aliphatic rings. The van der Waals surface area contributed by atoms with Crippen molar-refractivity contribution in [3.05, 3.63) is 76.6 Å². The molecule has 1 aromatic carbocycles. The van der Waals surface area contributed by atoms with Crippen LogP contribution in [0.25, 0.3) is 5.69 Å². The van der Waals surface area contributed by atoms with E-state index in [1.54, 1.807) is 12.3 Å². The van der Waals surface area contributed by atoms with Crippen molar-refractivity contribution in [2.75, 3.05) is 0 Å². The Labute approximate surface area is 169 Å². The number of fused-ring (bicyclic) bond motifs is 1. The molecular weight excluding hydrogens is 400 g/mol. The number of carbonyl (C=O) groups excluding carboxylic acids is 1. The third-order valence-corrected chi connectivity index (χ3v) is 5.10. The zero-order valence-corrected chi connectivity index (χ0v) is 16.0. The van der Waals surface area contributed by atoms with Gasteiger partial charge >= 0.3 is 6.18 Å². The van der Waals surface area contributed by atoms with Gasteiger partial charge < -0.3 is 5.32 Å². The molecule has 5 nitrogen and oxygen atoms in total. The number of aryl methyl sites for hydroxylation is 2. The van der Waals surface area contributed by atoms with Crippen LogP contribution in [-0.2, 0) is 19.0 Å². The van der Waals surface area contributed by atoms with Gasteiger partial charge in [-0.2, -0.15) is 18.3 Å². The van der Waals surface area contributed by atoms with Crippen LogP contribution in [0.15, 0.2) is 42.7 Å². The van der Waals surface area contributed by atoms with Crippen LogP contribution >= 0.6 is 0 Å². The van der Waals surface area contributed by atoms with Crippen LogP contribution in [0.5, 0.6) is 0 Å². The summed E-state index contributed by atoms with van der Waals surface area (Å²) in [5, 5.41) is 7.25. The molecule has 0 bridgehead atoms. The molecule has 1 N–H and O–H groups in total. The lowest BCUT2D eigenvalue weighted by molar-refractivity contribution is -0.141. The predicted molar refractivity (Wildman–Crippen MR) is 101 cm³/mol. The maximum Gasteiger partial charge on any atom is 0.433 e. The second-order valence-corrected chi connectivity index (χ2v) is 7.14. The molecule has 156 valence electrons. The summed E-state index contributed by atoms with van der Waals surface area (Å²) in [4.78, 5) is 16.0. The topological polar surface area (TPSA) is 59.8 Å². The largest absolute Gasteiger partial charge is 0.433 e. The fourth-order valence-electron chi connectivity index (χ4n) is 3.57. The summed E-state index contributed by atoms with van der Waals surface area (Å²) in [5.41, 5.74) is 1.63. The lowest BCUT2D eigenvalue weighted by Gasteiger charge is -2.14. The summed E-state index contributed by atoms with van der Waals surface area (Å²) in [5.74, 6) is -0.879. The van der Waals surface area contributed by atoms with E-state index in [2.05, 4.69) is 15.4 Å². The van der Waals surface area contributed by atoms with Gasteiger partial charge in [-0.1, -0.05) is 6.92 Å². The summed E-state index contributed by atoms with van der Waals surface area (Å²) in [6, 6.07) is 6.23. The Kier molecular flexibility index (Phi) is 5.05. The van der Waals surface area contributed by atoms with Crippen molar-refractivity contribution in [2.24, 2.45) is 0 Å². The van der Waals surface area contributed by atoms with Crippen molar-refractivity contribution in [1.82, 2.24) is 20.1 Å². The summed E-state index contributed by atoms with van der Waals surface area (Å²) < 4.78 is 53.9. The molecule has 9 heteroatoms. The molecule has 1 aliphatic carbocycles. The third kappa shape index (κ3) is 3.92. The standard InChI is InChI=1S/C21H18F4N4O/c1-2-12-7-13(9-14(22)8-12)20(30)27-17-3-4-18-16(17)11-29(28-18)15-5-6-26-19(10-15)21(23,24)25/h5-11,17H,2-4H2,1H3,(H,27,30)/t17-/m0/s1. The highest BCUT2D eigenvalue weighted by Gasteiger charge is 2.33. The van der Waals surface area contributed by atoms with Gasteiger partial charge in [-0.3, -0.25) is 9.78 Å². The van der Waals surface area contributed by atoms with Crippen LogP contribution in [0.2, 0.25) is 0 Å². The number of halogens is 4. The molecular formula is C21H18F4N4O. The zero-order valence-electron chi connectivity index (χ0n) is 16.0. The molecule has 3 aromatic rings. The molecule has 4 rings (SSSR count). The number of carbonyl (C=O) groups is 1. The maximum atomic E-state index is 13.8. The number of hydrogen-bond donors (Lipinski definition) is 1. The number of amides is 1. The molecule has 2 aromatic heterocycles. The number of alkyl halides is 3. The molecule has 1 amide bonds. The fraction of sp³-hybridized carbons (Fsp3) is 0.286. The van der Waals surface area contributed by atoms with Crippen LogP contribution in [0.3, 0.4) is 0 Å². The van der Waals surface area contributed by atoms with E-state index in [0.717, 1.165) is 23.4 Å². The number of nitrogens with one attached hydrogen (secondary N) is 1. The number of benzene rings is 1. The van der Waals surface area contributed by atoms with Gasteiger partial charge in [0.05, 0.1) is 17.4 Å². The highest BCUT2D eigenvalue weighted by Crippen LogP contribution is 2.32. The zero-order chi connectivity index (χ0) is 21.5. The van der Waals surface area contributed by atoms with Crippen molar-refractivity contribution in [1.29, 1.82) is 0 Å². The highest BCUT2D eigenvalue weighted by molar-refractivity contribution is 5.94. The van der Waals surface area contributed by atoms with Crippen molar-refractivity contribution >= 4 is 5.91 Å². The van der Waals surface area contributed by atoms with Gasteiger partial charge in [0.15, 0.2) is 0 Å². The highest BCUT2D eigenvalue weighted by atomic mass is 19.4. The first-order valence-corrected chi connectivity index (χ1v) is 9.47. The smallest absolute Gasteiger partial charge is 0.345 e. The molecule has 30 heavy (non-hydrogen) atoms. The van der Waals surface area contributed by atoms with E-state index in [9.17, 15) is 22.4 Å². The maximum absolute atomic E-state index is 13.8. The summed E-state index contributed by atoms with van der Waals surface area (Å²) >= 11 is 0. The van der Waals surface area contributed by atoms with E-state index in [4.69, 9.17) is 0 Å². The fourth-order valence-corrected chi connectivity index (χ4v) is 3.57. The summed E-state index contributed by atoms with van der Waals surface area (Å²) in [6.45, 7) is 1.87. The SMILES string of the molecule is CCc1cc(F)cc(C(=O)N[C@H]2CCc3nn(-c4ccnc(C(F)(F)F)c4)cc32)c1. The van der Waals surface area contributed by atoms with E-state index in [1.165, 1.54) is 22.9 Å². The lowest BCUT2D eigenvalue weighted by atomic mass is 10.1. The molecule has 0 spiro atoms. The van der Waals surface area contributed by atoms with Crippen molar-refractivity contribution in [3.63, 3.8) is 0 Å². The molecule has 1 atom stereocenters. The van der Waals surface area contributed by atoms with Crippen LogP contribution in [0.4, 0.5) is 17.6 Å². The third-order valence-electron chi connectivity index (χ3n) is 5.10. The minimum absolute atomic E-state index is 0.231. The number of rotatable bonds is 4. The molecule has 2 heterocycles. The second-order valence-electron chi connectivity index (χ2n) is 7.14. The lowest BCUT2D eigenvalue weighted by Crippen LogP contribution is -2.27. The Morgan fingerprint density at radius 2 is 2.07 bits per heavy atom. The Morgan fingerprint density at radius 1 is 1.27 bits per heavy atom. The van der Waals surface area contributed by atoms with Crippen LogP contribution in [0.1, 0.15) is 52.3 Å². The van der Waals surface area contributed by atoms with Gasteiger partial charge in [-0.05, 0) is 55.2 Å². The van der Waals surface area contributed by atoms with Gasteiger partial charge in [0.1, 0.15) is 11.5 Å². The van der Waals surface area contributed by atoms with Crippen LogP contribution in [-0.4, -0.2) is 20.7 Å². The van der Waals surface area contributed by atoms with E-state index in [1.807, 2.05) is 6.92 Å². The minimum atomic E-state index is -4.55. The average Bonchev–Trinajstić information content (AvgIpc) is 3.29. The summed E-state index contributed by atoms with van der Waals surface area (Å²) in [7, 11) is 0. The minimum Gasteiger partial charge on any atom is -0.345 e. The quantitative estimate of drug-likeness (QED) is 0.639. The first-order valence-electron chi connectivity index (χ1n) is 9.47. The number of nitrogens with zero attached hydrogens (tertiary/aromatic N) is 3. The van der Waals surface area contributed by atoms with Gasteiger partial charge in [0.25, 0.3) is 5.91 Å². The monoisotopic (exact) mass is 418 g/mol. The van der Waals surface area contributed by atoms with E-state index < -0.39 is 23.6 Å². The first-order chi connectivity index (χ1) is 14.2. The number of pyridine rings is 1. The molecule has 0 saturated heterocycles. The average molecular weight is 418 g/mol. The van der Waals surface area contributed by atoms with Gasteiger partial charge in [-0.25, -0.2) is 9.07 Å². The van der Waals surface area contributed by atoms with Crippen LogP contribution < -0.4 is 5.32 Å². The van der Waals surface area contributed by atoms with Gasteiger partial charge in [-0.15, -0.1) is 0 Å². The molecule has 0 unspecified atom stereocenters. The molecule has 0 radical (unpaired) electrons. The van der Waals surface area contributed by atoms with Crippen molar-refractivity contribution in [3.8, 4) is 5.69 Å². The summed E-state index contributed by atoms with van der Waals surface area (Å²) in [6.07, 6.45) is -0.0571. The van der Waals surface area contributed by atoms with Crippen molar-refractivity contribution in [2.45, 2.75) is 38.4 Å². The second kappa shape index (κ2) is 7.55. The predicted octanol–water partition coefficient (Wildman–Crippen LogP) is 4.40. The Balaban J connectivity index is 1.57. The molecule has 0 fully saturated rings. The van der Waals surface area contributed by atoms with Gasteiger partial charge in [0.2, 0.25) is 0 Å². The van der Waals surface area contributed by atoms with E-state index in [0.29, 0.717) is 25.0 Å². The van der Waals surface area contributed by atoms with Crippen LogP contribution in [0, 0.1) is 5.82 Å². The van der Waals surface area contributed by atoms with Crippen molar-refractivity contribution < 1.29 is 22.4 Å². The molecule has 0 aliphatic heterocycles. The Bertz CT molecular complexity index is 1110. The Hall–Kier alpha value is -3.23.